The highest BCUT2D eigenvalue weighted by atomic mass is 19.2. The van der Waals surface area contributed by atoms with Gasteiger partial charge < -0.3 is 20.7 Å². The Bertz CT molecular complexity index is 1220. The van der Waals surface area contributed by atoms with Crippen molar-refractivity contribution in [2.24, 2.45) is 17.8 Å². The molecule has 1 saturated heterocycles. The zero-order chi connectivity index (χ0) is 29.4. The van der Waals surface area contributed by atoms with Gasteiger partial charge in [0.2, 0.25) is 29.4 Å². The van der Waals surface area contributed by atoms with E-state index in [1.165, 1.54) is 0 Å². The summed E-state index contributed by atoms with van der Waals surface area (Å²) < 4.78 is 59.9. The predicted molar refractivity (Wildman–Crippen MR) is 137 cm³/mol. The van der Waals surface area contributed by atoms with Crippen LogP contribution in [0.4, 0.5) is 23.2 Å². The molecule has 0 radical (unpaired) electrons. The molecule has 3 N–H and O–H groups in total. The lowest BCUT2D eigenvalue weighted by molar-refractivity contribution is -0.133. The maximum Gasteiger partial charge on any atom is 0.225 e. The van der Waals surface area contributed by atoms with Gasteiger partial charge in [0, 0.05) is 36.6 Å². The number of ether oxygens (including phenoxy) is 1. The van der Waals surface area contributed by atoms with Crippen LogP contribution in [0.5, 0.6) is 5.75 Å². The fourth-order valence-electron chi connectivity index (χ4n) is 4.45. The van der Waals surface area contributed by atoms with Crippen molar-refractivity contribution in [2.45, 2.75) is 45.6 Å². The van der Waals surface area contributed by atoms with Gasteiger partial charge >= 0.3 is 0 Å². The Kier molecular flexibility index (Phi) is 10.6. The van der Waals surface area contributed by atoms with Crippen LogP contribution >= 0.6 is 0 Å². The van der Waals surface area contributed by atoms with Crippen molar-refractivity contribution in [2.75, 3.05) is 18.5 Å². The topological polar surface area (TPSA) is 114 Å². The van der Waals surface area contributed by atoms with Crippen molar-refractivity contribution < 1.29 is 41.5 Å². The fraction of sp³-hybridized carbons (Fsp3) is 0.429. The fourth-order valence-corrected chi connectivity index (χ4v) is 4.45. The van der Waals surface area contributed by atoms with Gasteiger partial charge in [0.25, 0.3) is 0 Å². The van der Waals surface area contributed by atoms with Gasteiger partial charge in [0.15, 0.2) is 23.2 Å². The Hall–Kier alpha value is -3.96. The normalized spacial score (nSPS) is 16.3. The number of benzene rings is 2. The van der Waals surface area contributed by atoms with E-state index in [0.29, 0.717) is 25.1 Å². The van der Waals surface area contributed by atoms with E-state index in [1.807, 2.05) is 13.8 Å². The van der Waals surface area contributed by atoms with Crippen molar-refractivity contribution in [3.8, 4) is 5.75 Å². The summed E-state index contributed by atoms with van der Waals surface area (Å²) in [4.78, 5) is 51.2. The number of carbonyl (C=O) groups is 4. The molecule has 12 heteroatoms. The second kappa shape index (κ2) is 13.9. The number of amides is 3. The molecular weight excluding hydrogens is 534 g/mol. The van der Waals surface area contributed by atoms with Gasteiger partial charge in [-0.05, 0) is 37.3 Å². The van der Waals surface area contributed by atoms with Crippen molar-refractivity contribution in [1.82, 2.24) is 10.6 Å². The highest BCUT2D eigenvalue weighted by molar-refractivity contribution is 5.96. The number of rotatable bonds is 13. The average Bonchev–Trinajstić information content (AvgIpc) is 3.30. The molecule has 2 aromatic carbocycles. The number of hydrogen-bond donors (Lipinski definition) is 3. The third-order valence-corrected chi connectivity index (χ3v) is 6.43. The molecule has 216 valence electrons. The first kappa shape index (κ1) is 30.6. The Labute approximate surface area is 228 Å². The Morgan fingerprint density at radius 3 is 2.27 bits per heavy atom. The molecule has 1 fully saturated rings. The predicted octanol–water partition coefficient (Wildman–Crippen LogP) is 3.89. The SMILES string of the molecule is CC(C)CC(CC(=O)Nc1ccccc1)C(=O)NC(CC1CCNC1=O)C(=O)COc1c(F)c(F)cc(F)c1F. The molecule has 1 aliphatic rings. The van der Waals surface area contributed by atoms with Crippen molar-refractivity contribution in [3.63, 3.8) is 0 Å². The lowest BCUT2D eigenvalue weighted by Gasteiger charge is -2.24. The molecule has 3 unspecified atom stereocenters. The van der Waals surface area contributed by atoms with Crippen molar-refractivity contribution >= 4 is 29.2 Å². The number of nitrogens with one attached hydrogen (secondary N) is 3. The molecule has 0 spiro atoms. The van der Waals surface area contributed by atoms with Crippen LogP contribution in [0.1, 0.15) is 39.5 Å². The van der Waals surface area contributed by atoms with Crippen molar-refractivity contribution in [3.05, 3.63) is 59.7 Å². The van der Waals surface area contributed by atoms with Crippen LogP contribution in [0, 0.1) is 41.0 Å². The minimum atomic E-state index is -1.82. The number of hydrogen-bond acceptors (Lipinski definition) is 5. The van der Waals surface area contributed by atoms with E-state index < -0.39 is 71.1 Å². The maximum absolute atomic E-state index is 14.0. The Morgan fingerprint density at radius 1 is 1.05 bits per heavy atom. The van der Waals surface area contributed by atoms with E-state index in [-0.39, 0.29) is 30.7 Å². The van der Waals surface area contributed by atoms with Crippen LogP contribution in [-0.2, 0) is 19.2 Å². The molecule has 3 atom stereocenters. The second-order valence-corrected chi connectivity index (χ2v) is 10.1. The molecule has 40 heavy (non-hydrogen) atoms. The summed E-state index contributed by atoms with van der Waals surface area (Å²) in [6, 6.07) is 7.30. The molecular formula is C28H31F4N3O5. The van der Waals surface area contributed by atoms with E-state index in [9.17, 15) is 36.7 Å². The zero-order valence-corrected chi connectivity index (χ0v) is 22.1. The lowest BCUT2D eigenvalue weighted by Crippen LogP contribution is -2.47. The molecule has 1 aliphatic heterocycles. The zero-order valence-electron chi connectivity index (χ0n) is 22.1. The summed E-state index contributed by atoms with van der Waals surface area (Å²) in [5.41, 5.74) is 0.543. The Morgan fingerprint density at radius 2 is 1.70 bits per heavy atom. The third-order valence-electron chi connectivity index (χ3n) is 6.43. The summed E-state index contributed by atoms with van der Waals surface area (Å²) in [5.74, 6) is -12.2. The van der Waals surface area contributed by atoms with E-state index >= 15 is 0 Å². The van der Waals surface area contributed by atoms with E-state index in [2.05, 4.69) is 16.0 Å². The lowest BCUT2D eigenvalue weighted by atomic mass is 9.91. The number of carbonyl (C=O) groups excluding carboxylic acids is 4. The summed E-state index contributed by atoms with van der Waals surface area (Å²) in [6.45, 7) is 3.04. The standard InChI is InChI=1S/C28H31F4N3O5/c1-15(2)10-17(12-23(37)34-18-6-4-3-5-7-18)28(39)35-21(11-16-8-9-33-27(16)38)22(36)14-40-26-24(31)19(29)13-20(30)25(26)32/h3-7,13,15-17,21H,8-12,14H2,1-2H3,(H,33,38)(H,34,37)(H,35,39). The minimum absolute atomic E-state index is 0.00386. The maximum atomic E-state index is 14.0. The largest absolute Gasteiger partial charge is 0.479 e. The van der Waals surface area contributed by atoms with E-state index in [1.54, 1.807) is 30.3 Å². The van der Waals surface area contributed by atoms with Gasteiger partial charge in [0.1, 0.15) is 6.61 Å². The van der Waals surface area contributed by atoms with E-state index in [0.717, 1.165) is 0 Å². The smallest absolute Gasteiger partial charge is 0.225 e. The minimum Gasteiger partial charge on any atom is -0.479 e. The molecule has 0 aliphatic carbocycles. The third kappa shape index (κ3) is 8.27. The number of anilines is 1. The van der Waals surface area contributed by atoms with Gasteiger partial charge in [-0.1, -0.05) is 32.0 Å². The quantitative estimate of drug-likeness (QED) is 0.252. The summed E-state index contributed by atoms with van der Waals surface area (Å²) in [7, 11) is 0. The summed E-state index contributed by atoms with van der Waals surface area (Å²) in [6.07, 6.45) is 0.340. The highest BCUT2D eigenvalue weighted by Crippen LogP contribution is 2.27. The average molecular weight is 566 g/mol. The van der Waals surface area contributed by atoms with Crippen LogP contribution in [0.15, 0.2) is 36.4 Å². The number of halogens is 4. The van der Waals surface area contributed by atoms with Gasteiger partial charge in [-0.2, -0.15) is 8.78 Å². The van der Waals surface area contributed by atoms with Gasteiger partial charge in [-0.15, -0.1) is 0 Å². The van der Waals surface area contributed by atoms with Crippen LogP contribution in [0.2, 0.25) is 0 Å². The molecule has 8 nitrogen and oxygen atoms in total. The van der Waals surface area contributed by atoms with Crippen LogP contribution < -0.4 is 20.7 Å². The molecule has 0 bridgehead atoms. The van der Waals surface area contributed by atoms with Crippen LogP contribution in [0.3, 0.4) is 0 Å². The molecule has 0 aromatic heterocycles. The van der Waals surface area contributed by atoms with E-state index in [4.69, 9.17) is 4.74 Å². The molecule has 3 rings (SSSR count). The number of para-hydroxylation sites is 1. The summed E-state index contributed by atoms with van der Waals surface area (Å²) >= 11 is 0. The van der Waals surface area contributed by atoms with Gasteiger partial charge in [-0.25, -0.2) is 8.78 Å². The first-order valence-electron chi connectivity index (χ1n) is 12.9. The van der Waals surface area contributed by atoms with Gasteiger partial charge in [-0.3, -0.25) is 19.2 Å². The summed E-state index contributed by atoms with van der Waals surface area (Å²) in [5, 5.41) is 7.89. The highest BCUT2D eigenvalue weighted by Gasteiger charge is 2.34. The van der Waals surface area contributed by atoms with Crippen LogP contribution in [0.25, 0.3) is 0 Å². The molecule has 3 amide bonds. The van der Waals surface area contributed by atoms with Crippen molar-refractivity contribution in [1.29, 1.82) is 0 Å². The monoisotopic (exact) mass is 565 g/mol. The Balaban J connectivity index is 1.75. The molecule has 1 heterocycles. The molecule has 0 saturated carbocycles. The second-order valence-electron chi connectivity index (χ2n) is 10.1. The number of Topliss-reactive ketones (excluding diaryl/α,β-unsaturated/α-hetero) is 1. The van der Waals surface area contributed by atoms with Crippen LogP contribution in [-0.4, -0.2) is 42.7 Å². The number of ketones is 1. The molecule has 2 aromatic rings. The first-order valence-corrected chi connectivity index (χ1v) is 12.9. The first-order chi connectivity index (χ1) is 19.0. The van der Waals surface area contributed by atoms with Gasteiger partial charge in [0.05, 0.1) is 6.04 Å².